The second-order valence-corrected chi connectivity index (χ2v) is 11.8. The SMILES string of the molecule is CCc1cccc2c1N(c1ccc3c(N4C[C@H]5CC[C@@H](C4)N5)nc(OC[C@@H]4CCCN4C)nc3c1F)CCC2. The van der Waals surface area contributed by atoms with Crippen molar-refractivity contribution in [1.29, 1.82) is 0 Å². The number of halogens is 1. The van der Waals surface area contributed by atoms with Crippen LogP contribution in [0.3, 0.4) is 0 Å². The molecule has 0 saturated carbocycles. The molecule has 3 fully saturated rings. The van der Waals surface area contributed by atoms with E-state index in [9.17, 15) is 0 Å². The Bertz CT molecular complexity index is 1350. The lowest BCUT2D eigenvalue weighted by Gasteiger charge is -2.35. The normalized spacial score (nSPS) is 24.9. The van der Waals surface area contributed by atoms with Crippen molar-refractivity contribution in [2.45, 2.75) is 70.0 Å². The number of fused-ring (bicyclic) bond motifs is 4. The van der Waals surface area contributed by atoms with Crippen LogP contribution in [-0.4, -0.2) is 72.8 Å². The number of anilines is 3. The minimum Gasteiger partial charge on any atom is -0.462 e. The summed E-state index contributed by atoms with van der Waals surface area (Å²) in [5, 5.41) is 4.47. The van der Waals surface area contributed by atoms with Gasteiger partial charge in [-0.15, -0.1) is 0 Å². The number of aromatic nitrogens is 2. The lowest BCUT2D eigenvalue weighted by atomic mass is 9.95. The average molecular weight is 531 g/mol. The zero-order chi connectivity index (χ0) is 26.5. The van der Waals surface area contributed by atoms with Crippen LogP contribution in [0.5, 0.6) is 6.01 Å². The molecule has 206 valence electrons. The van der Waals surface area contributed by atoms with Gasteiger partial charge in [-0.05, 0) is 81.8 Å². The molecule has 39 heavy (non-hydrogen) atoms. The van der Waals surface area contributed by atoms with Gasteiger partial charge < -0.3 is 24.8 Å². The van der Waals surface area contributed by atoms with Gasteiger partial charge in [-0.25, -0.2) is 4.39 Å². The van der Waals surface area contributed by atoms with Crippen LogP contribution in [0, 0.1) is 5.82 Å². The molecule has 0 aliphatic carbocycles. The third kappa shape index (κ3) is 4.51. The minimum atomic E-state index is -0.282. The molecule has 7 nitrogen and oxygen atoms in total. The van der Waals surface area contributed by atoms with Gasteiger partial charge in [-0.1, -0.05) is 25.1 Å². The van der Waals surface area contributed by atoms with E-state index >= 15 is 4.39 Å². The van der Waals surface area contributed by atoms with Crippen LogP contribution in [0.25, 0.3) is 10.9 Å². The fraction of sp³-hybridized carbons (Fsp3) is 0.548. The van der Waals surface area contributed by atoms with Crippen LogP contribution in [-0.2, 0) is 12.8 Å². The van der Waals surface area contributed by atoms with Crippen molar-refractivity contribution in [3.63, 3.8) is 0 Å². The van der Waals surface area contributed by atoms with Crippen molar-refractivity contribution in [1.82, 2.24) is 20.2 Å². The summed E-state index contributed by atoms with van der Waals surface area (Å²) < 4.78 is 22.9. The number of hydrogen-bond donors (Lipinski definition) is 1. The highest BCUT2D eigenvalue weighted by Gasteiger charge is 2.34. The largest absolute Gasteiger partial charge is 0.462 e. The number of nitrogens with zero attached hydrogens (tertiary/aromatic N) is 5. The maximum Gasteiger partial charge on any atom is 0.319 e. The number of ether oxygens (including phenoxy) is 1. The number of benzene rings is 2. The number of rotatable bonds is 6. The highest BCUT2D eigenvalue weighted by Crippen LogP contribution is 2.41. The Morgan fingerprint density at radius 3 is 2.64 bits per heavy atom. The Hall–Kier alpha value is -2.97. The lowest BCUT2D eigenvalue weighted by molar-refractivity contribution is 0.188. The van der Waals surface area contributed by atoms with Crippen LogP contribution in [0.2, 0.25) is 0 Å². The molecule has 5 heterocycles. The first kappa shape index (κ1) is 25.0. The van der Waals surface area contributed by atoms with E-state index in [1.165, 1.54) is 36.1 Å². The summed E-state index contributed by atoms with van der Waals surface area (Å²) in [6, 6.07) is 12.0. The number of piperazine rings is 1. The van der Waals surface area contributed by atoms with E-state index in [0.717, 1.165) is 63.1 Å². The van der Waals surface area contributed by atoms with E-state index in [1.807, 2.05) is 12.1 Å². The smallest absolute Gasteiger partial charge is 0.319 e. The van der Waals surface area contributed by atoms with Crippen molar-refractivity contribution >= 4 is 28.1 Å². The molecule has 2 aromatic carbocycles. The average Bonchev–Trinajstić information content (AvgIpc) is 3.54. The lowest BCUT2D eigenvalue weighted by Crippen LogP contribution is -2.51. The van der Waals surface area contributed by atoms with Crippen LogP contribution in [0.4, 0.5) is 21.6 Å². The van der Waals surface area contributed by atoms with Crippen molar-refractivity contribution in [3.8, 4) is 6.01 Å². The van der Waals surface area contributed by atoms with Gasteiger partial charge in [0.15, 0.2) is 5.82 Å². The van der Waals surface area contributed by atoms with Crippen LogP contribution < -0.4 is 19.9 Å². The van der Waals surface area contributed by atoms with Crippen molar-refractivity contribution in [2.75, 3.05) is 49.6 Å². The quantitative estimate of drug-likeness (QED) is 0.490. The summed E-state index contributed by atoms with van der Waals surface area (Å²) in [5.41, 5.74) is 4.67. The number of likely N-dealkylation sites (tertiary alicyclic amines) is 1. The van der Waals surface area contributed by atoms with Gasteiger partial charge in [0.25, 0.3) is 0 Å². The standard InChI is InChI=1S/C31H39FN6O/c1-3-20-7-4-8-21-9-5-16-38(29(20)21)26-14-13-25-28(27(26)32)34-31(39-19-24-10-6-15-36(24)2)35-30(25)37-17-22-11-12-23(18-37)33-22/h4,7-8,13-14,22-24,33H,3,5-6,9-12,15-19H2,1-2H3/t22-,23+,24-/m0/s1. The number of nitrogens with one attached hydrogen (secondary N) is 1. The Kier molecular flexibility index (Phi) is 6.55. The van der Waals surface area contributed by atoms with Gasteiger partial charge in [0.05, 0.1) is 5.69 Å². The molecule has 0 radical (unpaired) electrons. The topological polar surface area (TPSA) is 56.8 Å². The molecule has 3 aromatic rings. The second-order valence-electron chi connectivity index (χ2n) is 11.8. The minimum absolute atomic E-state index is 0.282. The van der Waals surface area contributed by atoms with E-state index in [4.69, 9.17) is 14.7 Å². The summed E-state index contributed by atoms with van der Waals surface area (Å²) >= 11 is 0. The van der Waals surface area contributed by atoms with Gasteiger partial charge in [-0.2, -0.15) is 9.97 Å². The van der Waals surface area contributed by atoms with Crippen molar-refractivity contribution in [3.05, 3.63) is 47.3 Å². The van der Waals surface area contributed by atoms with Gasteiger partial charge in [0, 0.05) is 48.8 Å². The maximum atomic E-state index is 16.7. The summed E-state index contributed by atoms with van der Waals surface area (Å²) in [7, 11) is 2.14. The Balaban J connectivity index is 1.31. The molecule has 0 spiro atoms. The predicted molar refractivity (Wildman–Crippen MR) is 154 cm³/mol. The molecule has 4 aliphatic heterocycles. The molecule has 3 atom stereocenters. The summed E-state index contributed by atoms with van der Waals surface area (Å²) in [6.07, 6.45) is 7.57. The molecule has 1 N–H and O–H groups in total. The third-order valence-electron chi connectivity index (χ3n) is 9.31. The van der Waals surface area contributed by atoms with E-state index in [2.05, 4.69) is 52.2 Å². The zero-order valence-electron chi connectivity index (χ0n) is 23.1. The molecule has 7 rings (SSSR count). The van der Waals surface area contributed by atoms with E-state index in [0.29, 0.717) is 35.9 Å². The summed E-state index contributed by atoms with van der Waals surface area (Å²) in [5.74, 6) is 0.516. The first-order valence-electron chi connectivity index (χ1n) is 14.8. The Morgan fingerprint density at radius 1 is 1.03 bits per heavy atom. The van der Waals surface area contributed by atoms with Crippen molar-refractivity contribution in [2.24, 2.45) is 0 Å². The molecular formula is C31H39FN6O. The van der Waals surface area contributed by atoms with Gasteiger partial charge >= 0.3 is 6.01 Å². The first-order valence-corrected chi connectivity index (χ1v) is 14.8. The molecule has 2 bridgehead atoms. The predicted octanol–water partition coefficient (Wildman–Crippen LogP) is 4.83. The number of likely N-dealkylation sites (N-methyl/N-ethyl adjacent to an activating group) is 1. The summed E-state index contributed by atoms with van der Waals surface area (Å²) in [4.78, 5) is 16.5. The van der Waals surface area contributed by atoms with E-state index < -0.39 is 0 Å². The zero-order valence-corrected chi connectivity index (χ0v) is 23.1. The van der Waals surface area contributed by atoms with Crippen LogP contribution in [0.1, 0.15) is 50.2 Å². The fourth-order valence-electron chi connectivity index (χ4n) is 7.22. The first-order chi connectivity index (χ1) is 19.1. The van der Waals surface area contributed by atoms with E-state index in [1.54, 1.807) is 0 Å². The highest BCUT2D eigenvalue weighted by molar-refractivity contribution is 5.93. The van der Waals surface area contributed by atoms with Crippen molar-refractivity contribution < 1.29 is 9.13 Å². The monoisotopic (exact) mass is 530 g/mol. The molecule has 8 heteroatoms. The molecular weight excluding hydrogens is 491 g/mol. The molecule has 3 saturated heterocycles. The highest BCUT2D eigenvalue weighted by atomic mass is 19.1. The van der Waals surface area contributed by atoms with E-state index in [-0.39, 0.29) is 11.8 Å². The third-order valence-corrected chi connectivity index (χ3v) is 9.31. The molecule has 4 aliphatic rings. The molecule has 0 unspecified atom stereocenters. The number of aryl methyl sites for hydroxylation is 2. The molecule has 0 amide bonds. The Labute approximate surface area is 230 Å². The number of para-hydroxylation sites is 1. The van der Waals surface area contributed by atoms with Gasteiger partial charge in [0.1, 0.15) is 17.9 Å². The van der Waals surface area contributed by atoms with Gasteiger partial charge in [0.2, 0.25) is 0 Å². The second kappa shape index (κ2) is 10.2. The fourth-order valence-corrected chi connectivity index (χ4v) is 7.22. The maximum absolute atomic E-state index is 16.7. The van der Waals surface area contributed by atoms with Gasteiger partial charge in [-0.3, -0.25) is 0 Å². The van der Waals surface area contributed by atoms with Crippen LogP contribution >= 0.6 is 0 Å². The van der Waals surface area contributed by atoms with Crippen LogP contribution in [0.15, 0.2) is 30.3 Å². The summed E-state index contributed by atoms with van der Waals surface area (Å²) in [6.45, 7) is 6.31. The Morgan fingerprint density at radius 2 is 1.87 bits per heavy atom. The molecule has 1 aromatic heterocycles. The number of hydrogen-bond acceptors (Lipinski definition) is 7.